The number of alkyl halides is 3. The lowest BCUT2D eigenvalue weighted by atomic mass is 9.55. The number of aliphatic hydroxyl groups is 1. The van der Waals surface area contributed by atoms with E-state index in [2.05, 4.69) is 25.5 Å². The van der Waals surface area contributed by atoms with Crippen molar-refractivity contribution in [3.8, 4) is 11.4 Å². The maximum atomic E-state index is 15.4. The predicted octanol–water partition coefficient (Wildman–Crippen LogP) is 3.35. The van der Waals surface area contributed by atoms with Gasteiger partial charge in [-0.25, -0.2) is 17.7 Å². The van der Waals surface area contributed by atoms with Gasteiger partial charge in [0.2, 0.25) is 17.4 Å². The summed E-state index contributed by atoms with van der Waals surface area (Å²) in [7, 11) is 0. The maximum absolute atomic E-state index is 15.4. The summed E-state index contributed by atoms with van der Waals surface area (Å²) >= 11 is 0. The molecule has 2 amide bonds. The molecule has 8 rings (SSSR count). The first kappa shape index (κ1) is 28.0. The minimum absolute atomic E-state index is 0.00361. The number of nitrogens with zero attached hydrogens (tertiary/aromatic N) is 7. The van der Waals surface area contributed by atoms with E-state index in [1.807, 2.05) is 17.0 Å². The second-order valence-corrected chi connectivity index (χ2v) is 13.1. The number of fused-ring (bicyclic) bond motifs is 1. The number of anilines is 2. The highest BCUT2D eigenvalue weighted by molar-refractivity contribution is 6.09. The quantitative estimate of drug-likeness (QED) is 0.317. The molecule has 2 saturated carbocycles. The third-order valence-corrected chi connectivity index (χ3v) is 9.46. The van der Waals surface area contributed by atoms with Gasteiger partial charge < -0.3 is 24.7 Å². The van der Waals surface area contributed by atoms with Crippen molar-refractivity contribution in [3.05, 3.63) is 53.9 Å². The summed E-state index contributed by atoms with van der Waals surface area (Å²) in [4.78, 5) is 37.7. The summed E-state index contributed by atoms with van der Waals surface area (Å²) < 4.78 is 48.4. The number of carbonyl (C=O) groups excluding carboxylic acids is 2. The van der Waals surface area contributed by atoms with Gasteiger partial charge in [-0.15, -0.1) is 0 Å². The molecule has 0 aromatic carbocycles. The van der Waals surface area contributed by atoms with E-state index in [4.69, 9.17) is 4.52 Å². The van der Waals surface area contributed by atoms with E-state index in [0.717, 1.165) is 18.5 Å². The second kappa shape index (κ2) is 9.49. The molecule has 12 nitrogen and oxygen atoms in total. The van der Waals surface area contributed by atoms with Crippen LogP contribution in [0.15, 0.2) is 41.3 Å². The molecular weight excluding hydrogens is 593 g/mol. The molecule has 2 aliphatic carbocycles. The Balaban J connectivity index is 0.963. The summed E-state index contributed by atoms with van der Waals surface area (Å²) in [6, 6.07) is 5.29. The van der Waals surface area contributed by atoms with Gasteiger partial charge >= 0.3 is 0 Å². The molecule has 1 spiro atoms. The summed E-state index contributed by atoms with van der Waals surface area (Å²) in [5.41, 5.74) is -1.11. The molecule has 2 N–H and O–H groups in total. The molecule has 4 aromatic rings. The summed E-state index contributed by atoms with van der Waals surface area (Å²) in [5, 5.41) is 21.1. The normalized spacial score (nSPS) is 21.0. The lowest BCUT2D eigenvalue weighted by Crippen LogP contribution is -2.70. The fourth-order valence-corrected chi connectivity index (χ4v) is 6.84. The molecule has 234 valence electrons. The number of nitrogens with one attached hydrogen (secondary N) is 1. The van der Waals surface area contributed by atoms with Crippen LogP contribution in [0.4, 0.5) is 24.5 Å². The van der Waals surface area contributed by atoms with Gasteiger partial charge in [0.05, 0.1) is 41.7 Å². The Kier molecular flexibility index (Phi) is 5.90. The second-order valence-electron chi connectivity index (χ2n) is 13.1. The van der Waals surface area contributed by atoms with Crippen LogP contribution in [0.2, 0.25) is 0 Å². The van der Waals surface area contributed by atoms with Crippen LogP contribution in [-0.4, -0.2) is 84.8 Å². The third kappa shape index (κ3) is 4.54. The van der Waals surface area contributed by atoms with Crippen LogP contribution in [0.3, 0.4) is 0 Å². The van der Waals surface area contributed by atoms with Crippen molar-refractivity contribution >= 4 is 28.7 Å². The first-order chi connectivity index (χ1) is 21.4. The molecule has 4 aromatic heterocycles. The topological polar surface area (TPSA) is 142 Å². The number of halogens is 3. The lowest BCUT2D eigenvalue weighted by Gasteiger charge is -2.62. The van der Waals surface area contributed by atoms with Crippen molar-refractivity contribution in [2.45, 2.75) is 50.3 Å². The van der Waals surface area contributed by atoms with Gasteiger partial charge in [-0.2, -0.15) is 10.1 Å². The zero-order valence-corrected chi connectivity index (χ0v) is 24.2. The van der Waals surface area contributed by atoms with Gasteiger partial charge in [0.15, 0.2) is 0 Å². The zero-order valence-electron chi connectivity index (χ0n) is 24.2. The van der Waals surface area contributed by atoms with E-state index in [9.17, 15) is 23.5 Å². The number of amides is 2. The third-order valence-electron chi connectivity index (χ3n) is 9.46. The monoisotopic (exact) mass is 622 g/mol. The van der Waals surface area contributed by atoms with E-state index in [0.29, 0.717) is 41.1 Å². The molecule has 2 saturated heterocycles. The number of aryl methyl sites for hydroxylation is 1. The average molecular weight is 623 g/mol. The number of rotatable bonds is 7. The molecule has 4 fully saturated rings. The van der Waals surface area contributed by atoms with Crippen LogP contribution < -0.4 is 10.2 Å². The number of hydrogen-bond donors (Lipinski definition) is 2. The zero-order chi connectivity index (χ0) is 31.3. The Labute approximate surface area is 254 Å². The van der Waals surface area contributed by atoms with Crippen LogP contribution in [0, 0.1) is 18.3 Å². The number of carbonyl (C=O) groups is 2. The van der Waals surface area contributed by atoms with Crippen LogP contribution in [-0.2, 0) is 10.5 Å². The summed E-state index contributed by atoms with van der Waals surface area (Å²) in [6.07, 6.45) is 3.76. The Morgan fingerprint density at radius 1 is 1.13 bits per heavy atom. The fraction of sp³-hybridized carbons (Fsp3) is 0.467. The first-order valence-electron chi connectivity index (χ1n) is 14.8. The fourth-order valence-electron chi connectivity index (χ4n) is 6.84. The number of hydrogen-bond acceptors (Lipinski definition) is 9. The van der Waals surface area contributed by atoms with Crippen LogP contribution in [0.25, 0.3) is 16.9 Å². The van der Waals surface area contributed by atoms with Gasteiger partial charge in [-0.05, 0) is 50.8 Å². The van der Waals surface area contributed by atoms with Crippen molar-refractivity contribution in [2.75, 3.05) is 36.4 Å². The van der Waals surface area contributed by atoms with E-state index in [1.54, 1.807) is 23.7 Å². The van der Waals surface area contributed by atoms with Crippen molar-refractivity contribution in [3.63, 3.8) is 0 Å². The van der Waals surface area contributed by atoms with E-state index in [-0.39, 0.29) is 54.9 Å². The molecule has 4 aliphatic rings. The van der Waals surface area contributed by atoms with Gasteiger partial charge in [0, 0.05) is 48.1 Å². The van der Waals surface area contributed by atoms with Crippen LogP contribution >= 0.6 is 0 Å². The molecule has 0 radical (unpaired) electrons. The van der Waals surface area contributed by atoms with Crippen molar-refractivity contribution < 1.29 is 32.4 Å². The van der Waals surface area contributed by atoms with Gasteiger partial charge in [-0.1, -0.05) is 5.16 Å². The van der Waals surface area contributed by atoms with E-state index < -0.39 is 23.6 Å². The Morgan fingerprint density at radius 3 is 2.60 bits per heavy atom. The van der Waals surface area contributed by atoms with Crippen molar-refractivity contribution in [1.29, 1.82) is 0 Å². The molecule has 6 heterocycles. The lowest BCUT2D eigenvalue weighted by molar-refractivity contribution is -0.209. The SMILES string of the molecule is Cc1ncc(-c2noc(C3(F)CN(C(=O)C4CC4)C3)n2)cc1NC(=O)c1cnn2ccc(N3CC4(C3)CC(O)(C(F)F)C4)cc12. The molecule has 0 atom stereocenters. The molecule has 0 bridgehead atoms. The Morgan fingerprint density at radius 2 is 1.89 bits per heavy atom. The summed E-state index contributed by atoms with van der Waals surface area (Å²) in [5.74, 6) is -0.577. The minimum Gasteiger partial charge on any atom is -0.384 e. The molecular formula is C30H29F3N8O4. The average Bonchev–Trinajstić information content (AvgIpc) is 3.53. The number of likely N-dealkylation sites (tertiary alicyclic amines) is 1. The highest BCUT2D eigenvalue weighted by Gasteiger charge is 2.63. The predicted molar refractivity (Wildman–Crippen MR) is 152 cm³/mol. The van der Waals surface area contributed by atoms with Gasteiger partial charge in [0.25, 0.3) is 18.2 Å². The Hall–Kier alpha value is -4.53. The summed E-state index contributed by atoms with van der Waals surface area (Å²) in [6.45, 7) is 2.56. The van der Waals surface area contributed by atoms with E-state index in [1.165, 1.54) is 17.3 Å². The number of pyridine rings is 2. The van der Waals surface area contributed by atoms with Crippen molar-refractivity contribution in [2.24, 2.45) is 11.3 Å². The standard InChI is InChI=1S/C30H29F3N8O4/c1-16-21(6-18(8-34-16)23-37-27(45-38-23)29(33)14-40(15-29)25(43)17-2-3-17)36-24(42)20-9-35-41-5-4-19(7-22(20)41)39-12-28(13-39)10-30(44,11-28)26(31)32/h4-9,17,26,44H,2-3,10-15H2,1H3,(H,36,42). The van der Waals surface area contributed by atoms with Gasteiger partial charge in [-0.3, -0.25) is 14.6 Å². The van der Waals surface area contributed by atoms with E-state index >= 15 is 4.39 Å². The molecule has 0 unspecified atom stereocenters. The smallest absolute Gasteiger partial charge is 0.268 e. The molecule has 15 heteroatoms. The number of aromatic nitrogens is 5. The minimum atomic E-state index is -2.75. The molecule has 45 heavy (non-hydrogen) atoms. The highest BCUT2D eigenvalue weighted by atomic mass is 19.3. The first-order valence-corrected chi connectivity index (χ1v) is 14.8. The molecule has 2 aliphatic heterocycles. The largest absolute Gasteiger partial charge is 0.384 e. The van der Waals surface area contributed by atoms with Crippen LogP contribution in [0.5, 0.6) is 0 Å². The Bertz CT molecular complexity index is 1850. The van der Waals surface area contributed by atoms with Crippen molar-refractivity contribution in [1.82, 2.24) is 29.6 Å². The van der Waals surface area contributed by atoms with Crippen LogP contribution in [0.1, 0.15) is 47.6 Å². The van der Waals surface area contributed by atoms with Gasteiger partial charge in [0.1, 0.15) is 5.60 Å². The highest BCUT2D eigenvalue weighted by Crippen LogP contribution is 2.57. The maximum Gasteiger partial charge on any atom is 0.268 e.